The smallest absolute Gasteiger partial charge is 0.0825 e. The highest BCUT2D eigenvalue weighted by molar-refractivity contribution is 7.07. The quantitative estimate of drug-likeness (QED) is 0.614. The molecule has 1 aromatic heterocycles. The van der Waals surface area contributed by atoms with E-state index < -0.39 is 0 Å². The van der Waals surface area contributed by atoms with Crippen molar-refractivity contribution in [2.45, 2.75) is 12.8 Å². The number of rotatable bonds is 3. The first-order valence-electron chi connectivity index (χ1n) is 3.02. The first-order chi connectivity index (χ1) is 4.43. The van der Waals surface area contributed by atoms with E-state index in [1.165, 1.54) is 5.56 Å². The summed E-state index contributed by atoms with van der Waals surface area (Å²) in [7, 11) is 0. The van der Waals surface area contributed by atoms with Crippen LogP contribution in [0.1, 0.15) is 12.0 Å². The Morgan fingerprint density at radius 3 is 3.00 bits per heavy atom. The van der Waals surface area contributed by atoms with Gasteiger partial charge < -0.3 is 0 Å². The molecule has 1 heterocycles. The molecule has 1 radical (unpaired) electrons. The molecule has 0 amide bonds. The van der Waals surface area contributed by atoms with Gasteiger partial charge in [-0.2, -0.15) is 11.3 Å². The lowest BCUT2D eigenvalue weighted by Gasteiger charge is -1.89. The van der Waals surface area contributed by atoms with E-state index in [1.54, 1.807) is 11.3 Å². The molecule has 9 heavy (non-hydrogen) atoms. The summed E-state index contributed by atoms with van der Waals surface area (Å²) in [6.45, 7) is 0.0514. The third kappa shape index (κ3) is 2.16. The topological polar surface area (TPSA) is 19.9 Å². The highest BCUT2D eigenvalue weighted by atomic mass is 32.1. The molecule has 1 rings (SSSR count). The van der Waals surface area contributed by atoms with Crippen molar-refractivity contribution >= 4 is 11.3 Å². The molecule has 0 bridgehead atoms. The minimum atomic E-state index is 0.0514. The zero-order valence-corrected chi connectivity index (χ0v) is 5.99. The van der Waals surface area contributed by atoms with Gasteiger partial charge in [-0.05, 0) is 35.2 Å². The molecular formula is C7H9OS. The van der Waals surface area contributed by atoms with Gasteiger partial charge in [0, 0.05) is 0 Å². The van der Waals surface area contributed by atoms with E-state index in [0.29, 0.717) is 0 Å². The molecule has 0 atom stereocenters. The Hall–Kier alpha value is -0.340. The predicted molar refractivity (Wildman–Crippen MR) is 38.2 cm³/mol. The van der Waals surface area contributed by atoms with Gasteiger partial charge in [-0.15, -0.1) is 0 Å². The van der Waals surface area contributed by atoms with Crippen molar-refractivity contribution in [2.24, 2.45) is 0 Å². The van der Waals surface area contributed by atoms with Crippen LogP contribution in [0.25, 0.3) is 0 Å². The minimum absolute atomic E-state index is 0.0514. The van der Waals surface area contributed by atoms with Crippen LogP contribution in [0.3, 0.4) is 0 Å². The van der Waals surface area contributed by atoms with Crippen molar-refractivity contribution < 1.29 is 5.11 Å². The number of thiophene rings is 1. The summed E-state index contributed by atoms with van der Waals surface area (Å²) in [6, 6.07) is 2.07. The van der Waals surface area contributed by atoms with Gasteiger partial charge in [-0.25, -0.2) is 5.11 Å². The summed E-state index contributed by atoms with van der Waals surface area (Å²) in [6.07, 6.45) is 1.73. The zero-order valence-electron chi connectivity index (χ0n) is 5.17. The summed E-state index contributed by atoms with van der Waals surface area (Å²) < 4.78 is 0. The maximum atomic E-state index is 10.0. The lowest BCUT2D eigenvalue weighted by Crippen LogP contribution is -1.84. The van der Waals surface area contributed by atoms with Crippen molar-refractivity contribution in [3.63, 3.8) is 0 Å². The van der Waals surface area contributed by atoms with Crippen molar-refractivity contribution in [3.05, 3.63) is 22.4 Å². The maximum absolute atomic E-state index is 10.0. The number of aryl methyl sites for hydroxylation is 1. The van der Waals surface area contributed by atoms with Crippen LogP contribution in [0.4, 0.5) is 0 Å². The molecule has 0 spiro atoms. The van der Waals surface area contributed by atoms with E-state index in [-0.39, 0.29) is 6.61 Å². The van der Waals surface area contributed by atoms with Crippen LogP contribution >= 0.6 is 11.3 Å². The van der Waals surface area contributed by atoms with Crippen LogP contribution in [0.2, 0.25) is 0 Å². The van der Waals surface area contributed by atoms with E-state index in [0.717, 1.165) is 12.8 Å². The van der Waals surface area contributed by atoms with Crippen molar-refractivity contribution in [1.82, 2.24) is 0 Å². The molecule has 0 N–H and O–H groups in total. The van der Waals surface area contributed by atoms with E-state index in [9.17, 15) is 5.11 Å². The van der Waals surface area contributed by atoms with Crippen molar-refractivity contribution in [2.75, 3.05) is 6.61 Å². The second-order valence-corrected chi connectivity index (χ2v) is 2.72. The van der Waals surface area contributed by atoms with Gasteiger partial charge in [0.1, 0.15) is 0 Å². The van der Waals surface area contributed by atoms with Crippen LogP contribution in [0, 0.1) is 0 Å². The first-order valence-corrected chi connectivity index (χ1v) is 3.97. The fraction of sp³-hybridized carbons (Fsp3) is 0.429. The summed E-state index contributed by atoms with van der Waals surface area (Å²) in [5.74, 6) is 0. The highest BCUT2D eigenvalue weighted by Gasteiger charge is 1.90. The van der Waals surface area contributed by atoms with Gasteiger partial charge in [0.25, 0.3) is 0 Å². The van der Waals surface area contributed by atoms with Gasteiger partial charge in [-0.1, -0.05) is 0 Å². The van der Waals surface area contributed by atoms with E-state index in [2.05, 4.69) is 11.4 Å². The van der Waals surface area contributed by atoms with Gasteiger partial charge in [0.05, 0.1) is 6.61 Å². The highest BCUT2D eigenvalue weighted by Crippen LogP contribution is 2.07. The Kier molecular flexibility index (Phi) is 2.74. The molecule has 0 fully saturated rings. The summed E-state index contributed by atoms with van der Waals surface area (Å²) in [4.78, 5) is 0. The SMILES string of the molecule is [O]CCCc1ccsc1. The molecule has 0 aromatic carbocycles. The first kappa shape index (κ1) is 6.78. The molecule has 0 saturated carbocycles. The van der Waals surface area contributed by atoms with Gasteiger partial charge in [0.2, 0.25) is 0 Å². The van der Waals surface area contributed by atoms with E-state index in [4.69, 9.17) is 0 Å². The fourth-order valence-corrected chi connectivity index (χ4v) is 1.41. The molecule has 0 saturated heterocycles. The predicted octanol–water partition coefficient (Wildman–Crippen LogP) is 2.11. The lowest BCUT2D eigenvalue weighted by molar-refractivity contribution is 0.189. The molecule has 49 valence electrons. The molecular weight excluding hydrogens is 132 g/mol. The van der Waals surface area contributed by atoms with Crippen molar-refractivity contribution in [3.8, 4) is 0 Å². The second-order valence-electron chi connectivity index (χ2n) is 1.94. The summed E-state index contributed by atoms with van der Waals surface area (Å²) in [5.41, 5.74) is 1.30. The summed E-state index contributed by atoms with van der Waals surface area (Å²) in [5, 5.41) is 14.2. The number of hydrogen-bond acceptors (Lipinski definition) is 1. The Balaban J connectivity index is 2.30. The maximum Gasteiger partial charge on any atom is 0.0825 e. The van der Waals surface area contributed by atoms with Crippen LogP contribution < -0.4 is 0 Å². The average molecular weight is 141 g/mol. The Labute approximate surface area is 59.0 Å². The zero-order chi connectivity index (χ0) is 6.53. The largest absolute Gasteiger partial charge is 0.237 e. The van der Waals surface area contributed by atoms with E-state index >= 15 is 0 Å². The Bertz CT molecular complexity index is 146. The normalized spacial score (nSPS) is 9.89. The van der Waals surface area contributed by atoms with Crippen LogP contribution in [0.15, 0.2) is 16.8 Å². The molecule has 1 nitrogen and oxygen atoms in total. The fourth-order valence-electron chi connectivity index (χ4n) is 0.711. The van der Waals surface area contributed by atoms with Crippen LogP contribution in [0.5, 0.6) is 0 Å². The standard InChI is InChI=1S/C7H9OS/c8-4-1-2-7-3-5-9-6-7/h3,5-6H,1-2,4H2. The monoisotopic (exact) mass is 141 g/mol. The molecule has 0 aliphatic heterocycles. The Morgan fingerprint density at radius 2 is 2.44 bits per heavy atom. The third-order valence-electron chi connectivity index (χ3n) is 1.19. The molecule has 0 aliphatic carbocycles. The molecule has 0 unspecified atom stereocenters. The molecule has 0 aliphatic rings. The van der Waals surface area contributed by atoms with Gasteiger partial charge >= 0.3 is 0 Å². The molecule has 1 aromatic rings. The third-order valence-corrected chi connectivity index (χ3v) is 1.92. The van der Waals surface area contributed by atoms with Crippen molar-refractivity contribution in [1.29, 1.82) is 0 Å². The van der Waals surface area contributed by atoms with E-state index in [1.807, 2.05) is 5.38 Å². The van der Waals surface area contributed by atoms with Crippen LogP contribution in [-0.4, -0.2) is 6.61 Å². The summed E-state index contributed by atoms with van der Waals surface area (Å²) >= 11 is 1.69. The van der Waals surface area contributed by atoms with Crippen LogP contribution in [-0.2, 0) is 11.5 Å². The van der Waals surface area contributed by atoms with Gasteiger partial charge in [-0.3, -0.25) is 0 Å². The van der Waals surface area contributed by atoms with Gasteiger partial charge in [0.15, 0.2) is 0 Å². The lowest BCUT2D eigenvalue weighted by atomic mass is 10.2. The Morgan fingerprint density at radius 1 is 1.56 bits per heavy atom. The average Bonchev–Trinajstić information content (AvgIpc) is 2.34. The number of hydrogen-bond donors (Lipinski definition) is 0. The minimum Gasteiger partial charge on any atom is -0.237 e. The second kappa shape index (κ2) is 3.64. The molecule has 2 heteroatoms.